The maximum absolute atomic E-state index is 12.7. The molecule has 0 unspecified atom stereocenters. The van der Waals surface area contributed by atoms with Crippen LogP contribution in [0.4, 0.5) is 5.69 Å². The summed E-state index contributed by atoms with van der Waals surface area (Å²) >= 11 is 1.46. The summed E-state index contributed by atoms with van der Waals surface area (Å²) < 4.78 is 38.5. The maximum atomic E-state index is 12.7. The zero-order chi connectivity index (χ0) is 20.4. The van der Waals surface area contributed by atoms with Crippen LogP contribution in [-0.4, -0.2) is 31.1 Å². The number of hydrogen-bond acceptors (Lipinski definition) is 8. The molecule has 1 aromatic carbocycles. The lowest BCUT2D eigenvalue weighted by Gasteiger charge is -2.28. The number of nitrogens with zero attached hydrogens (tertiary/aromatic N) is 3. The number of carbonyl (C=O) groups excluding carboxylic acids is 1. The summed E-state index contributed by atoms with van der Waals surface area (Å²) in [6, 6.07) is 8.12. The molecule has 0 radical (unpaired) electrons. The molecule has 3 aromatic rings. The van der Waals surface area contributed by atoms with E-state index in [1.54, 1.807) is 6.07 Å². The highest BCUT2D eigenvalue weighted by molar-refractivity contribution is 7.89. The summed E-state index contributed by atoms with van der Waals surface area (Å²) in [6.07, 6.45) is 0.582. The van der Waals surface area contributed by atoms with E-state index in [0.717, 1.165) is 4.88 Å². The standard InChI is InChI=1S/C18H18N4O5S2/c1-2-17-20-16(21-27-17)10-22-14-8-13(5-6-15(14)26-11-18(22)23)29(24,25)19-9-12-4-3-7-28-12/h3-8,19H,2,9-11H2,1H3. The number of thiophene rings is 1. The van der Waals surface area contributed by atoms with Crippen LogP contribution in [0.15, 0.2) is 45.1 Å². The predicted molar refractivity (Wildman–Crippen MR) is 105 cm³/mol. The van der Waals surface area contributed by atoms with Crippen molar-refractivity contribution in [2.24, 2.45) is 0 Å². The average Bonchev–Trinajstić information content (AvgIpc) is 3.40. The van der Waals surface area contributed by atoms with Crippen molar-refractivity contribution in [3.63, 3.8) is 0 Å². The van der Waals surface area contributed by atoms with E-state index >= 15 is 0 Å². The van der Waals surface area contributed by atoms with Gasteiger partial charge in [0.2, 0.25) is 15.9 Å². The van der Waals surface area contributed by atoms with Gasteiger partial charge in [0.05, 0.1) is 17.1 Å². The van der Waals surface area contributed by atoms with Gasteiger partial charge in [-0.25, -0.2) is 13.1 Å². The number of aryl methyl sites for hydroxylation is 1. The molecule has 0 bridgehead atoms. The van der Waals surface area contributed by atoms with Crippen LogP contribution >= 0.6 is 11.3 Å². The Hall–Kier alpha value is -2.76. The number of ether oxygens (including phenoxy) is 1. The smallest absolute Gasteiger partial charge is 0.265 e. The summed E-state index contributed by atoms with van der Waals surface area (Å²) in [4.78, 5) is 19.0. The quantitative estimate of drug-likeness (QED) is 0.605. The van der Waals surface area contributed by atoms with E-state index in [1.165, 1.54) is 28.4 Å². The first-order valence-corrected chi connectivity index (χ1v) is 11.2. The highest BCUT2D eigenvalue weighted by atomic mass is 32.2. The molecule has 0 fully saturated rings. The van der Waals surface area contributed by atoms with Gasteiger partial charge in [-0.3, -0.25) is 9.69 Å². The van der Waals surface area contributed by atoms with Gasteiger partial charge in [-0.2, -0.15) is 4.98 Å². The Morgan fingerprint density at radius 2 is 2.17 bits per heavy atom. The molecule has 1 aliphatic heterocycles. The summed E-state index contributed by atoms with van der Waals surface area (Å²) in [5.41, 5.74) is 0.350. The molecule has 0 saturated carbocycles. The number of fused-ring (bicyclic) bond motifs is 1. The third kappa shape index (κ3) is 4.16. The van der Waals surface area contributed by atoms with Crippen molar-refractivity contribution < 1.29 is 22.5 Å². The number of hydrogen-bond donors (Lipinski definition) is 1. The molecular formula is C18H18N4O5S2. The minimum Gasteiger partial charge on any atom is -0.482 e. The summed E-state index contributed by atoms with van der Waals surface area (Å²) in [5, 5.41) is 5.75. The third-order valence-electron chi connectivity index (χ3n) is 4.31. The lowest BCUT2D eigenvalue weighted by molar-refractivity contribution is -0.121. The van der Waals surface area contributed by atoms with Crippen molar-refractivity contribution in [3.8, 4) is 5.75 Å². The van der Waals surface area contributed by atoms with Gasteiger partial charge in [0.25, 0.3) is 5.91 Å². The topological polar surface area (TPSA) is 115 Å². The monoisotopic (exact) mass is 434 g/mol. The summed E-state index contributed by atoms with van der Waals surface area (Å²) in [5.74, 6) is 0.907. The van der Waals surface area contributed by atoms with Crippen LogP contribution in [0.2, 0.25) is 0 Å². The molecule has 0 atom stereocenters. The van der Waals surface area contributed by atoms with Gasteiger partial charge in [0.1, 0.15) is 5.75 Å². The van der Waals surface area contributed by atoms with Crippen molar-refractivity contribution in [1.29, 1.82) is 0 Å². The SMILES string of the molecule is CCc1nc(CN2C(=O)COc3ccc(S(=O)(=O)NCc4cccs4)cc32)no1. The molecule has 3 heterocycles. The number of benzene rings is 1. The summed E-state index contributed by atoms with van der Waals surface area (Å²) in [7, 11) is -3.77. The molecule has 4 rings (SSSR count). The van der Waals surface area contributed by atoms with Crippen molar-refractivity contribution in [3.05, 3.63) is 52.3 Å². The van der Waals surface area contributed by atoms with Gasteiger partial charge in [-0.15, -0.1) is 11.3 Å². The normalized spacial score (nSPS) is 14.0. The van der Waals surface area contributed by atoms with Crippen LogP contribution < -0.4 is 14.4 Å². The minimum absolute atomic E-state index is 0.0402. The van der Waals surface area contributed by atoms with Gasteiger partial charge in [-0.1, -0.05) is 18.1 Å². The molecular weight excluding hydrogens is 416 g/mol. The highest BCUT2D eigenvalue weighted by Crippen LogP contribution is 2.35. The predicted octanol–water partition coefficient (Wildman–Crippen LogP) is 2.10. The molecule has 0 spiro atoms. The number of aromatic nitrogens is 2. The van der Waals surface area contributed by atoms with Crippen LogP contribution in [0.5, 0.6) is 5.75 Å². The number of carbonyl (C=O) groups is 1. The molecule has 152 valence electrons. The first kappa shape index (κ1) is 19.6. The Kier molecular flexibility index (Phi) is 5.35. The number of nitrogens with one attached hydrogen (secondary N) is 1. The van der Waals surface area contributed by atoms with Crippen molar-refractivity contribution in [1.82, 2.24) is 14.9 Å². The number of rotatable bonds is 7. The Morgan fingerprint density at radius 1 is 1.31 bits per heavy atom. The van der Waals surface area contributed by atoms with Crippen molar-refractivity contribution in [2.75, 3.05) is 11.5 Å². The average molecular weight is 434 g/mol. The second-order valence-corrected chi connectivity index (χ2v) is 9.06. The van der Waals surface area contributed by atoms with Gasteiger partial charge in [0.15, 0.2) is 12.4 Å². The molecule has 1 N–H and O–H groups in total. The first-order valence-electron chi connectivity index (χ1n) is 8.87. The van der Waals surface area contributed by atoms with E-state index in [4.69, 9.17) is 9.26 Å². The van der Waals surface area contributed by atoms with E-state index in [9.17, 15) is 13.2 Å². The molecule has 29 heavy (non-hydrogen) atoms. The molecule has 0 aliphatic carbocycles. The van der Waals surface area contributed by atoms with Crippen LogP contribution in [0.1, 0.15) is 23.5 Å². The highest BCUT2D eigenvalue weighted by Gasteiger charge is 2.29. The molecule has 0 saturated heterocycles. The lowest BCUT2D eigenvalue weighted by atomic mass is 10.2. The van der Waals surface area contributed by atoms with Crippen LogP contribution in [-0.2, 0) is 34.3 Å². The van der Waals surface area contributed by atoms with Gasteiger partial charge in [-0.05, 0) is 29.6 Å². The molecule has 1 aliphatic rings. The van der Waals surface area contributed by atoms with Crippen molar-refractivity contribution >= 4 is 33.0 Å². The number of anilines is 1. The molecule has 9 nitrogen and oxygen atoms in total. The van der Waals surface area contributed by atoms with Gasteiger partial charge in [0, 0.05) is 17.8 Å². The van der Waals surface area contributed by atoms with E-state index in [-0.39, 0.29) is 30.5 Å². The van der Waals surface area contributed by atoms with Crippen molar-refractivity contribution in [2.45, 2.75) is 31.3 Å². The zero-order valence-corrected chi connectivity index (χ0v) is 17.1. The Balaban J connectivity index is 1.61. The van der Waals surface area contributed by atoms with E-state index < -0.39 is 10.0 Å². The zero-order valence-electron chi connectivity index (χ0n) is 15.5. The second kappa shape index (κ2) is 7.93. The Morgan fingerprint density at radius 3 is 2.90 bits per heavy atom. The third-order valence-corrected chi connectivity index (χ3v) is 6.59. The molecule has 11 heteroatoms. The van der Waals surface area contributed by atoms with E-state index in [0.29, 0.717) is 29.6 Å². The Bertz CT molecular complexity index is 1130. The largest absolute Gasteiger partial charge is 0.482 e. The lowest BCUT2D eigenvalue weighted by Crippen LogP contribution is -2.38. The second-order valence-electron chi connectivity index (χ2n) is 6.26. The Labute approximate surface area is 171 Å². The minimum atomic E-state index is -3.77. The molecule has 2 aromatic heterocycles. The fraction of sp³-hybridized carbons (Fsp3) is 0.278. The fourth-order valence-corrected chi connectivity index (χ4v) is 4.59. The maximum Gasteiger partial charge on any atom is 0.265 e. The molecule has 1 amide bonds. The van der Waals surface area contributed by atoms with Gasteiger partial charge >= 0.3 is 0 Å². The van der Waals surface area contributed by atoms with E-state index in [2.05, 4.69) is 14.9 Å². The van der Waals surface area contributed by atoms with Crippen LogP contribution in [0, 0.1) is 0 Å². The first-order chi connectivity index (χ1) is 14.0. The van der Waals surface area contributed by atoms with Gasteiger partial charge < -0.3 is 9.26 Å². The summed E-state index contributed by atoms with van der Waals surface area (Å²) in [6.45, 7) is 1.99. The van der Waals surface area contributed by atoms with E-state index in [1.807, 2.05) is 24.4 Å². The van der Waals surface area contributed by atoms with Crippen LogP contribution in [0.25, 0.3) is 0 Å². The number of amides is 1. The fourth-order valence-electron chi connectivity index (χ4n) is 2.82. The van der Waals surface area contributed by atoms with Crippen LogP contribution in [0.3, 0.4) is 0 Å². The number of sulfonamides is 1.